The monoisotopic (exact) mass is 225 g/mol. The van der Waals surface area contributed by atoms with Crippen molar-refractivity contribution < 1.29 is 46.2 Å². The second-order valence-corrected chi connectivity index (χ2v) is 2.65. The van der Waals surface area contributed by atoms with Gasteiger partial charge in [-0.05, 0) is 0 Å². The molecule has 0 aliphatic heterocycles. The summed E-state index contributed by atoms with van der Waals surface area (Å²) in [5.41, 5.74) is 0. The van der Waals surface area contributed by atoms with Gasteiger partial charge in [-0.25, -0.2) is 0 Å². The van der Waals surface area contributed by atoms with Crippen molar-refractivity contribution in [3.05, 3.63) is 0 Å². The van der Waals surface area contributed by atoms with E-state index in [0.29, 0.717) is 0 Å². The van der Waals surface area contributed by atoms with E-state index >= 15 is 0 Å². The van der Waals surface area contributed by atoms with Gasteiger partial charge in [0, 0.05) is 0 Å². The second kappa shape index (κ2) is 6.11. The first-order chi connectivity index (χ1) is 4.49. The maximum atomic E-state index is 9.79. The first-order valence-electron chi connectivity index (χ1n) is 2.41. The van der Waals surface area contributed by atoms with E-state index in [1.165, 1.54) is 0 Å². The molecule has 0 aromatic heterocycles. The van der Waals surface area contributed by atoms with Gasteiger partial charge in [0.25, 0.3) is 0 Å². The van der Waals surface area contributed by atoms with Crippen LogP contribution in [-0.4, -0.2) is 29.5 Å². The predicted octanol–water partition coefficient (Wildman–Crippen LogP) is -2.82. The Hall–Kier alpha value is 0.549. The van der Waals surface area contributed by atoms with Gasteiger partial charge in [-0.2, -0.15) is 0 Å². The zero-order chi connectivity index (χ0) is 8.20. The van der Waals surface area contributed by atoms with Crippen molar-refractivity contribution in [2.75, 3.05) is 13.2 Å². The Bertz CT molecular complexity index is 130. The number of rotatable bonds is 4. The van der Waals surface area contributed by atoms with Gasteiger partial charge in [0.1, 0.15) is 6.10 Å². The van der Waals surface area contributed by atoms with Gasteiger partial charge in [0.05, 0.1) is 21.0 Å². The summed E-state index contributed by atoms with van der Waals surface area (Å²) in [6.07, 6.45) is -1.33. The molecule has 8 heteroatoms. The number of hydrogen-bond donors (Lipinski definition) is 2. The Morgan fingerprint density at radius 3 is 1.82 bits per heavy atom. The molecule has 11 heavy (non-hydrogen) atoms. The molecular weight excluding hydrogens is 218 g/mol. The average Bonchev–Trinajstić information content (AvgIpc) is 1.81. The van der Waals surface area contributed by atoms with Crippen LogP contribution in [0, 0.1) is 0 Å². The summed E-state index contributed by atoms with van der Waals surface area (Å²) >= 11 is 0. The largest absolute Gasteiger partial charge is 2.00 e. The van der Waals surface area contributed by atoms with E-state index in [-0.39, 0.29) is 17.1 Å². The first kappa shape index (κ1) is 14.1. The molecule has 0 fully saturated rings. The van der Waals surface area contributed by atoms with E-state index in [2.05, 4.69) is 4.52 Å². The third kappa shape index (κ3) is 8.46. The number of phosphoric ester groups is 1. The fourth-order valence-corrected chi connectivity index (χ4v) is 0.805. The summed E-state index contributed by atoms with van der Waals surface area (Å²) in [4.78, 5) is 19.6. The van der Waals surface area contributed by atoms with Gasteiger partial charge in [0.15, 0.2) is 0 Å². The van der Waals surface area contributed by atoms with Gasteiger partial charge in [-0.1, -0.05) is 0 Å². The molecule has 0 bridgehead atoms. The van der Waals surface area contributed by atoms with Crippen LogP contribution >= 0.6 is 7.82 Å². The molecule has 0 unspecified atom stereocenters. The van der Waals surface area contributed by atoms with Crippen LogP contribution in [0.5, 0.6) is 0 Å². The van der Waals surface area contributed by atoms with Crippen molar-refractivity contribution in [2.24, 2.45) is 0 Å². The fraction of sp³-hybridized carbons (Fsp3) is 1.00. The van der Waals surface area contributed by atoms with Gasteiger partial charge < -0.3 is 29.1 Å². The predicted molar refractivity (Wildman–Crippen MR) is 26.7 cm³/mol. The minimum atomic E-state index is -5.07. The normalized spacial score (nSPS) is 11.4. The van der Waals surface area contributed by atoms with E-state index < -0.39 is 27.1 Å². The van der Waals surface area contributed by atoms with Crippen LogP contribution in [-0.2, 0) is 26.2 Å². The topological polar surface area (TPSA) is 113 Å². The van der Waals surface area contributed by atoms with Crippen LogP contribution in [0.3, 0.4) is 0 Å². The van der Waals surface area contributed by atoms with Gasteiger partial charge in [-0.15, -0.1) is 0 Å². The molecule has 0 spiro atoms. The van der Waals surface area contributed by atoms with Crippen molar-refractivity contribution in [3.8, 4) is 0 Å². The van der Waals surface area contributed by atoms with Gasteiger partial charge >= 0.3 is 17.1 Å². The smallest absolute Gasteiger partial charge is 0.790 e. The molecule has 0 aromatic carbocycles. The van der Waals surface area contributed by atoms with Gasteiger partial charge in [-0.3, -0.25) is 0 Å². The van der Waals surface area contributed by atoms with Gasteiger partial charge in [0.2, 0.25) is 0 Å². The van der Waals surface area contributed by atoms with Crippen LogP contribution < -0.4 is 9.79 Å². The zero-order valence-electron chi connectivity index (χ0n) is 5.34. The Kier molecular flexibility index (Phi) is 7.83. The van der Waals surface area contributed by atoms with E-state index in [1.54, 1.807) is 0 Å². The Balaban J connectivity index is 0. The maximum Gasteiger partial charge on any atom is 2.00 e. The van der Waals surface area contributed by atoms with E-state index in [4.69, 9.17) is 10.2 Å². The molecule has 0 heterocycles. The summed E-state index contributed by atoms with van der Waals surface area (Å²) < 4.78 is 13.5. The second-order valence-electron chi connectivity index (χ2n) is 1.54. The average molecular weight is 225 g/mol. The molecule has 1 radical (unpaired) electrons. The third-order valence-electron chi connectivity index (χ3n) is 0.685. The molecule has 0 saturated heterocycles. The molecule has 6 nitrogen and oxygen atoms in total. The minimum absolute atomic E-state index is 0. The van der Waals surface area contributed by atoms with Crippen LogP contribution in [0.1, 0.15) is 0 Å². The summed E-state index contributed by atoms with van der Waals surface area (Å²) in [6, 6.07) is 0. The quantitative estimate of drug-likeness (QED) is 0.394. The molecule has 0 saturated carbocycles. The molecular formula is C3H7MnO6P. The first-order valence-corrected chi connectivity index (χ1v) is 3.88. The minimum Gasteiger partial charge on any atom is -0.790 e. The van der Waals surface area contributed by atoms with Crippen molar-refractivity contribution in [2.45, 2.75) is 6.10 Å². The maximum absolute atomic E-state index is 9.79. The Morgan fingerprint density at radius 1 is 1.36 bits per heavy atom. The van der Waals surface area contributed by atoms with Crippen molar-refractivity contribution in [3.63, 3.8) is 0 Å². The Labute approximate surface area is 73.9 Å². The molecule has 67 valence electrons. The molecule has 0 aromatic rings. The van der Waals surface area contributed by atoms with Crippen LogP contribution in [0.2, 0.25) is 0 Å². The number of aliphatic hydroxyl groups is 2. The van der Waals surface area contributed by atoms with E-state index in [9.17, 15) is 14.4 Å². The summed E-state index contributed by atoms with van der Waals surface area (Å²) in [5, 5.41) is 16.4. The number of phosphoric acid groups is 1. The third-order valence-corrected chi connectivity index (χ3v) is 1.24. The fourth-order valence-electron chi connectivity index (χ4n) is 0.307. The SMILES string of the molecule is O=P([O-])([O-])OC(CO)CO.[Mn+2]. The summed E-state index contributed by atoms with van der Waals surface area (Å²) in [7, 11) is -5.07. The Morgan fingerprint density at radius 2 is 1.73 bits per heavy atom. The zero-order valence-corrected chi connectivity index (χ0v) is 7.42. The number of aliphatic hydroxyl groups excluding tert-OH is 2. The van der Waals surface area contributed by atoms with Crippen molar-refractivity contribution in [1.29, 1.82) is 0 Å². The van der Waals surface area contributed by atoms with Crippen LogP contribution in [0.15, 0.2) is 0 Å². The number of hydrogen-bond acceptors (Lipinski definition) is 6. The van der Waals surface area contributed by atoms with E-state index in [0.717, 1.165) is 0 Å². The standard InChI is InChI=1S/C3H9O6P.Mn/c4-1-3(2-5)9-10(6,7)8;/h3-5H,1-2H2,(H2,6,7,8);/q;+2/p-2. The van der Waals surface area contributed by atoms with Crippen LogP contribution in [0.25, 0.3) is 0 Å². The molecule has 0 aliphatic carbocycles. The molecule has 0 atom stereocenters. The molecule has 0 rings (SSSR count). The summed E-state index contributed by atoms with van der Waals surface area (Å²) in [5.74, 6) is 0. The molecule has 2 N–H and O–H groups in total. The van der Waals surface area contributed by atoms with Crippen LogP contribution in [0.4, 0.5) is 0 Å². The van der Waals surface area contributed by atoms with E-state index in [1.807, 2.05) is 0 Å². The molecule has 0 amide bonds. The summed E-state index contributed by atoms with van der Waals surface area (Å²) in [6.45, 7) is -1.41. The van der Waals surface area contributed by atoms with Crippen molar-refractivity contribution in [1.82, 2.24) is 0 Å². The van der Waals surface area contributed by atoms with Crippen molar-refractivity contribution >= 4 is 7.82 Å². The molecule has 0 aliphatic rings.